The fourth-order valence-electron chi connectivity index (χ4n) is 3.54. The average Bonchev–Trinajstić information content (AvgIpc) is 3.04. The number of aryl methyl sites for hydroxylation is 1. The summed E-state index contributed by atoms with van der Waals surface area (Å²) in [6, 6.07) is 10.9. The zero-order valence-electron chi connectivity index (χ0n) is 12.8. The van der Waals surface area contributed by atoms with Gasteiger partial charge >= 0.3 is 11.9 Å². The summed E-state index contributed by atoms with van der Waals surface area (Å²) in [5.74, 6) is -2.76. The standard InChI is InChI=1S/C18H18O5/c1-11-13-6-3-2-5-12(13)8-9-14(11)18(16(19)20,17(21)22)15-7-4-10-23-15/h2-3,5-6,8-9,15H,4,7,10H2,1H3,(H,19,20)(H,21,22). The number of carbonyl (C=O) groups is 2. The maximum Gasteiger partial charge on any atom is 0.328 e. The molecule has 2 N–H and O–H groups in total. The molecular weight excluding hydrogens is 296 g/mol. The number of hydrogen-bond acceptors (Lipinski definition) is 3. The van der Waals surface area contributed by atoms with Crippen molar-refractivity contribution in [3.05, 3.63) is 47.5 Å². The molecule has 1 unspecified atom stereocenters. The van der Waals surface area contributed by atoms with Gasteiger partial charge in [-0.2, -0.15) is 0 Å². The van der Waals surface area contributed by atoms with E-state index in [2.05, 4.69) is 0 Å². The van der Waals surface area contributed by atoms with Crippen molar-refractivity contribution in [1.82, 2.24) is 0 Å². The molecule has 5 nitrogen and oxygen atoms in total. The fourth-order valence-corrected chi connectivity index (χ4v) is 3.54. The number of hydrogen-bond donors (Lipinski definition) is 2. The molecule has 0 amide bonds. The van der Waals surface area contributed by atoms with Crippen molar-refractivity contribution in [2.45, 2.75) is 31.3 Å². The van der Waals surface area contributed by atoms with Crippen LogP contribution in [0.5, 0.6) is 0 Å². The largest absolute Gasteiger partial charge is 0.480 e. The Hall–Kier alpha value is -2.40. The van der Waals surface area contributed by atoms with Crippen molar-refractivity contribution in [1.29, 1.82) is 0 Å². The van der Waals surface area contributed by atoms with E-state index >= 15 is 0 Å². The summed E-state index contributed by atoms with van der Waals surface area (Å²) >= 11 is 0. The molecule has 1 aliphatic rings. The van der Waals surface area contributed by atoms with Gasteiger partial charge in [0.15, 0.2) is 0 Å². The van der Waals surface area contributed by atoms with Crippen LogP contribution in [0.3, 0.4) is 0 Å². The third-order valence-electron chi connectivity index (χ3n) is 4.71. The molecule has 3 rings (SSSR count). The lowest BCUT2D eigenvalue weighted by Gasteiger charge is -2.32. The Balaban J connectivity index is 2.31. The summed E-state index contributed by atoms with van der Waals surface area (Å²) < 4.78 is 5.50. The topological polar surface area (TPSA) is 83.8 Å². The van der Waals surface area contributed by atoms with Crippen LogP contribution in [-0.2, 0) is 19.7 Å². The fraction of sp³-hybridized carbons (Fsp3) is 0.333. The second kappa shape index (κ2) is 5.66. The van der Waals surface area contributed by atoms with Gasteiger partial charge < -0.3 is 14.9 Å². The highest BCUT2D eigenvalue weighted by atomic mass is 16.5. The van der Waals surface area contributed by atoms with Crippen LogP contribution in [0.15, 0.2) is 36.4 Å². The molecule has 0 spiro atoms. The number of carboxylic acids is 2. The zero-order valence-corrected chi connectivity index (χ0v) is 12.8. The second-order valence-corrected chi connectivity index (χ2v) is 5.88. The van der Waals surface area contributed by atoms with E-state index in [4.69, 9.17) is 4.74 Å². The van der Waals surface area contributed by atoms with Gasteiger partial charge in [-0.05, 0) is 41.7 Å². The molecule has 1 atom stereocenters. The van der Waals surface area contributed by atoms with Crippen LogP contribution >= 0.6 is 0 Å². The van der Waals surface area contributed by atoms with Gasteiger partial charge in [0.25, 0.3) is 0 Å². The number of aliphatic carboxylic acids is 2. The molecule has 2 aromatic carbocycles. The van der Waals surface area contributed by atoms with Crippen molar-refractivity contribution < 1.29 is 24.5 Å². The Bertz CT molecular complexity index is 760. The van der Waals surface area contributed by atoms with Gasteiger partial charge in [0, 0.05) is 6.61 Å². The summed E-state index contributed by atoms with van der Waals surface area (Å²) in [4.78, 5) is 24.2. The van der Waals surface area contributed by atoms with Crippen LogP contribution in [0.2, 0.25) is 0 Å². The molecule has 0 aliphatic carbocycles. The molecule has 5 heteroatoms. The predicted octanol–water partition coefficient (Wildman–Crippen LogP) is 2.73. The monoisotopic (exact) mass is 314 g/mol. The lowest BCUT2D eigenvalue weighted by atomic mass is 9.72. The second-order valence-electron chi connectivity index (χ2n) is 5.88. The van der Waals surface area contributed by atoms with Crippen molar-refractivity contribution >= 4 is 22.7 Å². The average molecular weight is 314 g/mol. The minimum absolute atomic E-state index is 0.295. The first-order valence-corrected chi connectivity index (χ1v) is 7.56. The number of benzene rings is 2. The quantitative estimate of drug-likeness (QED) is 0.848. The molecule has 0 bridgehead atoms. The third kappa shape index (κ3) is 2.19. The maximum atomic E-state index is 12.1. The van der Waals surface area contributed by atoms with E-state index < -0.39 is 23.5 Å². The highest BCUT2D eigenvalue weighted by Crippen LogP contribution is 2.39. The highest BCUT2D eigenvalue weighted by molar-refractivity contribution is 6.07. The molecule has 1 aliphatic heterocycles. The van der Waals surface area contributed by atoms with Gasteiger partial charge in [0.1, 0.15) is 0 Å². The number of fused-ring (bicyclic) bond motifs is 1. The summed E-state index contributed by atoms with van der Waals surface area (Å²) in [6.45, 7) is 2.16. The predicted molar refractivity (Wildman–Crippen MR) is 84.6 cm³/mol. The molecule has 1 heterocycles. The van der Waals surface area contributed by atoms with Gasteiger partial charge in [-0.15, -0.1) is 0 Å². The molecule has 0 radical (unpaired) electrons. The Kier molecular flexibility index (Phi) is 3.82. The van der Waals surface area contributed by atoms with Gasteiger partial charge in [-0.1, -0.05) is 36.4 Å². The van der Waals surface area contributed by atoms with Gasteiger partial charge in [-0.3, -0.25) is 9.59 Å². The van der Waals surface area contributed by atoms with E-state index in [9.17, 15) is 19.8 Å². The lowest BCUT2D eigenvalue weighted by Crippen LogP contribution is -2.53. The Morgan fingerprint density at radius 3 is 2.43 bits per heavy atom. The first-order valence-electron chi connectivity index (χ1n) is 7.56. The minimum atomic E-state index is -2.08. The summed E-state index contributed by atoms with van der Waals surface area (Å²) in [7, 11) is 0. The molecule has 120 valence electrons. The molecule has 0 aromatic heterocycles. The number of carboxylic acid groups (broad SMARTS) is 2. The van der Waals surface area contributed by atoms with E-state index in [0.29, 0.717) is 30.6 Å². The lowest BCUT2D eigenvalue weighted by molar-refractivity contribution is -0.164. The van der Waals surface area contributed by atoms with Gasteiger partial charge in [0.2, 0.25) is 5.41 Å². The molecule has 2 aromatic rings. The maximum absolute atomic E-state index is 12.1. The van der Waals surface area contributed by atoms with Crippen LogP contribution in [0.4, 0.5) is 0 Å². The highest BCUT2D eigenvalue weighted by Gasteiger charge is 2.57. The van der Waals surface area contributed by atoms with Crippen molar-refractivity contribution in [2.24, 2.45) is 0 Å². The van der Waals surface area contributed by atoms with E-state index in [0.717, 1.165) is 10.8 Å². The first-order chi connectivity index (χ1) is 11.0. The Labute approximate surface area is 133 Å². The van der Waals surface area contributed by atoms with Crippen LogP contribution in [0, 0.1) is 6.92 Å². The van der Waals surface area contributed by atoms with E-state index in [-0.39, 0.29) is 0 Å². The normalized spacial score (nSPS) is 18.2. The Morgan fingerprint density at radius 1 is 1.13 bits per heavy atom. The van der Waals surface area contributed by atoms with Crippen LogP contribution in [0.1, 0.15) is 24.0 Å². The molecule has 0 saturated carbocycles. The van der Waals surface area contributed by atoms with Crippen LogP contribution < -0.4 is 0 Å². The number of ether oxygens (including phenoxy) is 1. The summed E-state index contributed by atoms with van der Waals surface area (Å²) in [5.41, 5.74) is -1.11. The van der Waals surface area contributed by atoms with Crippen LogP contribution in [0.25, 0.3) is 10.8 Å². The van der Waals surface area contributed by atoms with E-state index in [1.54, 1.807) is 19.1 Å². The third-order valence-corrected chi connectivity index (χ3v) is 4.71. The van der Waals surface area contributed by atoms with Crippen molar-refractivity contribution in [2.75, 3.05) is 6.61 Å². The zero-order chi connectivity index (χ0) is 16.6. The Morgan fingerprint density at radius 2 is 1.83 bits per heavy atom. The van der Waals surface area contributed by atoms with E-state index in [1.807, 2.05) is 24.3 Å². The molecule has 23 heavy (non-hydrogen) atoms. The summed E-state index contributed by atoms with van der Waals surface area (Å²) in [5, 5.41) is 21.5. The summed E-state index contributed by atoms with van der Waals surface area (Å²) in [6.07, 6.45) is 0.224. The van der Waals surface area contributed by atoms with Crippen LogP contribution in [-0.4, -0.2) is 34.9 Å². The first kappa shape index (κ1) is 15.5. The smallest absolute Gasteiger partial charge is 0.328 e. The molecule has 1 fully saturated rings. The van der Waals surface area contributed by atoms with Crippen molar-refractivity contribution in [3.63, 3.8) is 0 Å². The molecular formula is C18H18O5. The SMILES string of the molecule is Cc1c(C(C(=O)O)(C(=O)O)C2CCCO2)ccc2ccccc12. The molecule has 1 saturated heterocycles. The minimum Gasteiger partial charge on any atom is -0.480 e. The van der Waals surface area contributed by atoms with Gasteiger partial charge in [0.05, 0.1) is 6.10 Å². The van der Waals surface area contributed by atoms with Crippen molar-refractivity contribution in [3.8, 4) is 0 Å². The van der Waals surface area contributed by atoms with E-state index in [1.165, 1.54) is 0 Å². The number of rotatable bonds is 4. The van der Waals surface area contributed by atoms with Gasteiger partial charge in [-0.25, -0.2) is 0 Å².